The van der Waals surface area contributed by atoms with Gasteiger partial charge in [-0.1, -0.05) is 12.1 Å². The molecule has 8 nitrogen and oxygen atoms in total. The van der Waals surface area contributed by atoms with Crippen molar-refractivity contribution in [3.8, 4) is 5.75 Å². The van der Waals surface area contributed by atoms with Crippen molar-refractivity contribution in [2.45, 2.75) is 11.8 Å². The highest BCUT2D eigenvalue weighted by Gasteiger charge is 2.14. The molecule has 2 N–H and O–H groups in total. The normalized spacial score (nSPS) is 11.8. The van der Waals surface area contributed by atoms with E-state index >= 15 is 0 Å². The summed E-state index contributed by atoms with van der Waals surface area (Å²) in [5.74, 6) is 0.350. The van der Waals surface area contributed by atoms with Gasteiger partial charge in [-0.3, -0.25) is 4.79 Å². The van der Waals surface area contributed by atoms with Crippen molar-refractivity contribution in [3.63, 3.8) is 0 Å². The predicted octanol–water partition coefficient (Wildman–Crippen LogP) is 4.01. The summed E-state index contributed by atoms with van der Waals surface area (Å²) >= 11 is 3.15. The zero-order valence-corrected chi connectivity index (χ0v) is 18.5. The van der Waals surface area contributed by atoms with Crippen molar-refractivity contribution in [2.24, 2.45) is 5.10 Å². The molecule has 30 heavy (non-hydrogen) atoms. The number of nitrogens with one attached hydrogen (secondary N) is 2. The number of anilines is 1. The number of ether oxygens (including phenoxy) is 1. The van der Waals surface area contributed by atoms with E-state index in [4.69, 9.17) is 9.15 Å². The summed E-state index contributed by atoms with van der Waals surface area (Å²) < 4.78 is 35.4. The molecule has 3 aromatic rings. The zero-order valence-electron chi connectivity index (χ0n) is 16.0. The SMILES string of the molecule is COc1ccc(S(=O)(=O)NN=C(C)c2ccc(NC(=O)c3ccc(Br)o3)cc2)cc1. The Morgan fingerprint density at radius 1 is 1.03 bits per heavy atom. The fourth-order valence-corrected chi connectivity index (χ4v) is 3.59. The first kappa shape index (κ1) is 21.6. The lowest BCUT2D eigenvalue weighted by atomic mass is 10.1. The third-order valence-corrected chi connectivity index (χ3v) is 5.71. The monoisotopic (exact) mass is 491 g/mol. The van der Waals surface area contributed by atoms with Gasteiger partial charge in [0, 0.05) is 5.69 Å². The van der Waals surface area contributed by atoms with Gasteiger partial charge in [0.15, 0.2) is 10.4 Å². The third kappa shape index (κ3) is 5.28. The summed E-state index contributed by atoms with van der Waals surface area (Å²) in [7, 11) is -2.30. The average Bonchev–Trinajstić information content (AvgIpc) is 3.19. The molecule has 3 rings (SSSR count). The highest BCUT2D eigenvalue weighted by atomic mass is 79.9. The van der Waals surface area contributed by atoms with Crippen LogP contribution in [0.5, 0.6) is 5.75 Å². The van der Waals surface area contributed by atoms with Crippen LogP contribution in [-0.4, -0.2) is 27.1 Å². The molecule has 1 amide bonds. The third-order valence-electron chi connectivity index (χ3n) is 4.06. The number of hydrogen-bond donors (Lipinski definition) is 2. The van der Waals surface area contributed by atoms with E-state index < -0.39 is 10.0 Å². The Bertz CT molecular complexity index is 1170. The van der Waals surface area contributed by atoms with Crippen LogP contribution in [0.2, 0.25) is 0 Å². The standard InChI is InChI=1S/C20H18BrN3O5S/c1-13(23-24-30(26,27)17-9-7-16(28-2)8-10-17)14-3-5-15(6-4-14)22-20(25)18-11-12-19(21)29-18/h3-12,24H,1-2H3,(H,22,25). The summed E-state index contributed by atoms with van der Waals surface area (Å²) in [6.07, 6.45) is 0. The number of sulfonamides is 1. The van der Waals surface area contributed by atoms with E-state index in [-0.39, 0.29) is 16.6 Å². The van der Waals surface area contributed by atoms with Gasteiger partial charge in [0.1, 0.15) is 5.75 Å². The van der Waals surface area contributed by atoms with Gasteiger partial charge < -0.3 is 14.5 Å². The van der Waals surface area contributed by atoms with Crippen molar-refractivity contribution in [2.75, 3.05) is 12.4 Å². The largest absolute Gasteiger partial charge is 0.497 e. The first-order valence-electron chi connectivity index (χ1n) is 8.66. The van der Waals surface area contributed by atoms with Gasteiger partial charge in [-0.15, -0.1) is 0 Å². The van der Waals surface area contributed by atoms with Gasteiger partial charge >= 0.3 is 0 Å². The van der Waals surface area contributed by atoms with Crippen molar-refractivity contribution < 1.29 is 22.4 Å². The van der Waals surface area contributed by atoms with E-state index in [0.29, 0.717) is 27.4 Å². The summed E-state index contributed by atoms with van der Waals surface area (Å²) in [5.41, 5.74) is 1.70. The van der Waals surface area contributed by atoms with Gasteiger partial charge in [-0.25, -0.2) is 0 Å². The molecule has 0 saturated carbocycles. The second kappa shape index (κ2) is 9.14. The van der Waals surface area contributed by atoms with Crippen molar-refractivity contribution >= 4 is 43.3 Å². The highest BCUT2D eigenvalue weighted by molar-refractivity contribution is 9.10. The smallest absolute Gasteiger partial charge is 0.291 e. The Balaban J connectivity index is 1.66. The Labute approximate surface area is 182 Å². The molecule has 156 valence electrons. The first-order valence-corrected chi connectivity index (χ1v) is 10.9. The molecule has 0 aliphatic carbocycles. The zero-order chi connectivity index (χ0) is 21.7. The van der Waals surface area contributed by atoms with Crippen LogP contribution >= 0.6 is 15.9 Å². The number of halogens is 1. The Hall–Kier alpha value is -3.11. The molecule has 0 bridgehead atoms. The number of carbonyl (C=O) groups excluding carboxylic acids is 1. The van der Waals surface area contributed by atoms with Crippen molar-refractivity contribution in [1.82, 2.24) is 4.83 Å². The molecular weight excluding hydrogens is 474 g/mol. The van der Waals surface area contributed by atoms with Gasteiger partial charge in [-0.2, -0.15) is 18.4 Å². The van der Waals surface area contributed by atoms with Crippen LogP contribution in [0.3, 0.4) is 0 Å². The van der Waals surface area contributed by atoms with Crippen molar-refractivity contribution in [1.29, 1.82) is 0 Å². The van der Waals surface area contributed by atoms with E-state index in [1.54, 1.807) is 55.5 Å². The fraction of sp³-hybridized carbons (Fsp3) is 0.100. The number of hydrogen-bond acceptors (Lipinski definition) is 6. The van der Waals surface area contributed by atoms with Gasteiger partial charge in [0.2, 0.25) is 0 Å². The van der Waals surface area contributed by atoms with E-state index in [2.05, 4.69) is 31.2 Å². The van der Waals surface area contributed by atoms with Crippen LogP contribution in [0.1, 0.15) is 23.0 Å². The molecule has 0 spiro atoms. The van der Waals surface area contributed by atoms with Crippen LogP contribution < -0.4 is 14.9 Å². The fourth-order valence-electron chi connectivity index (χ4n) is 2.42. The minimum atomic E-state index is -3.81. The van der Waals surface area contributed by atoms with E-state index in [0.717, 1.165) is 0 Å². The second-order valence-electron chi connectivity index (χ2n) is 6.10. The molecule has 0 radical (unpaired) electrons. The summed E-state index contributed by atoms with van der Waals surface area (Å²) in [5, 5.41) is 6.68. The van der Waals surface area contributed by atoms with Crippen molar-refractivity contribution in [3.05, 3.63) is 76.7 Å². The molecule has 0 aliphatic heterocycles. The summed E-state index contributed by atoms with van der Waals surface area (Å²) in [4.78, 5) is 14.4. The Kier molecular flexibility index (Phi) is 6.58. The highest BCUT2D eigenvalue weighted by Crippen LogP contribution is 2.17. The second-order valence-corrected chi connectivity index (χ2v) is 8.55. The van der Waals surface area contributed by atoms with Crippen LogP contribution in [-0.2, 0) is 10.0 Å². The summed E-state index contributed by atoms with van der Waals surface area (Å²) in [6.45, 7) is 1.67. The molecule has 0 atom stereocenters. The molecule has 0 aliphatic rings. The lowest BCUT2D eigenvalue weighted by molar-refractivity contribution is 0.0995. The van der Waals surface area contributed by atoms with Crippen LogP contribution in [0.25, 0.3) is 0 Å². The molecule has 1 heterocycles. The number of hydrazone groups is 1. The van der Waals surface area contributed by atoms with E-state index in [1.807, 2.05) is 0 Å². The minimum absolute atomic E-state index is 0.0717. The topological polar surface area (TPSA) is 110 Å². The minimum Gasteiger partial charge on any atom is -0.497 e. The lowest BCUT2D eigenvalue weighted by Gasteiger charge is -2.07. The Morgan fingerprint density at radius 3 is 2.27 bits per heavy atom. The number of amides is 1. The first-order chi connectivity index (χ1) is 14.3. The van der Waals surface area contributed by atoms with Gasteiger partial charge in [0.05, 0.1) is 17.7 Å². The van der Waals surface area contributed by atoms with Crippen LogP contribution in [0, 0.1) is 0 Å². The predicted molar refractivity (Wildman–Crippen MR) is 116 cm³/mol. The molecule has 1 aromatic heterocycles. The van der Waals surface area contributed by atoms with Crippen LogP contribution in [0.4, 0.5) is 5.69 Å². The van der Waals surface area contributed by atoms with Crippen LogP contribution in [0.15, 0.2) is 79.7 Å². The molecule has 0 unspecified atom stereocenters. The summed E-state index contributed by atoms with van der Waals surface area (Å²) in [6, 6.07) is 16.0. The van der Waals surface area contributed by atoms with E-state index in [1.165, 1.54) is 19.2 Å². The van der Waals surface area contributed by atoms with Gasteiger partial charge in [-0.05, 0) is 76.9 Å². The maximum Gasteiger partial charge on any atom is 0.291 e. The number of carbonyl (C=O) groups is 1. The molecule has 0 saturated heterocycles. The number of benzene rings is 2. The maximum absolute atomic E-state index is 12.4. The molecule has 0 fully saturated rings. The molecular formula is C20H18BrN3O5S. The number of rotatable bonds is 7. The lowest BCUT2D eigenvalue weighted by Crippen LogP contribution is -2.20. The average molecular weight is 492 g/mol. The maximum atomic E-state index is 12.4. The quantitative estimate of drug-likeness (QED) is 0.383. The van der Waals surface area contributed by atoms with E-state index in [9.17, 15) is 13.2 Å². The molecule has 2 aromatic carbocycles. The Morgan fingerprint density at radius 2 is 1.70 bits per heavy atom. The number of nitrogens with zero attached hydrogens (tertiary/aromatic N) is 1. The molecule has 10 heteroatoms. The number of furan rings is 1. The number of methoxy groups -OCH3 is 1. The van der Waals surface area contributed by atoms with Gasteiger partial charge in [0.25, 0.3) is 15.9 Å².